The molecule has 140 valence electrons. The minimum Gasteiger partial charge on any atom is -0.497 e. The van der Waals surface area contributed by atoms with Crippen molar-refractivity contribution in [2.75, 3.05) is 19.5 Å². The van der Waals surface area contributed by atoms with Crippen LogP contribution in [-0.4, -0.2) is 40.2 Å². The number of thioether (sulfide) groups is 1. The van der Waals surface area contributed by atoms with Gasteiger partial charge in [0, 0.05) is 11.3 Å². The smallest absolute Gasteiger partial charge is 0.316 e. The van der Waals surface area contributed by atoms with Gasteiger partial charge in [0.15, 0.2) is 11.0 Å². The Balaban J connectivity index is 1.99. The molecule has 0 amide bonds. The minimum absolute atomic E-state index is 0.181. The van der Waals surface area contributed by atoms with Gasteiger partial charge in [-0.25, -0.2) is 0 Å². The molecule has 1 heterocycles. The lowest BCUT2D eigenvalue weighted by atomic mass is 10.2. The highest BCUT2D eigenvalue weighted by Gasteiger charge is 2.17. The SMILES string of the molecule is CCOC(=O)CSc1nnc(-c2ccc(OC)cc2)n1-c1ccc(C)cc1. The highest BCUT2D eigenvalue weighted by molar-refractivity contribution is 7.99. The minimum atomic E-state index is -0.271. The summed E-state index contributed by atoms with van der Waals surface area (Å²) in [4.78, 5) is 11.7. The molecule has 0 N–H and O–H groups in total. The summed E-state index contributed by atoms with van der Waals surface area (Å²) >= 11 is 1.31. The highest BCUT2D eigenvalue weighted by atomic mass is 32.2. The van der Waals surface area contributed by atoms with E-state index in [2.05, 4.69) is 10.2 Å². The van der Waals surface area contributed by atoms with Gasteiger partial charge in [-0.15, -0.1) is 10.2 Å². The number of methoxy groups -OCH3 is 1. The predicted octanol–water partition coefficient (Wildman–Crippen LogP) is 3.91. The third-order valence-corrected chi connectivity index (χ3v) is 4.80. The summed E-state index contributed by atoms with van der Waals surface area (Å²) in [6.45, 7) is 4.19. The molecule has 0 saturated carbocycles. The molecule has 0 radical (unpaired) electrons. The third kappa shape index (κ3) is 4.49. The highest BCUT2D eigenvalue weighted by Crippen LogP contribution is 2.29. The first-order chi connectivity index (χ1) is 13.1. The fraction of sp³-hybridized carbons (Fsp3) is 0.250. The van der Waals surface area contributed by atoms with E-state index >= 15 is 0 Å². The number of rotatable bonds is 7. The van der Waals surface area contributed by atoms with Crippen molar-refractivity contribution in [2.45, 2.75) is 19.0 Å². The molecule has 0 spiro atoms. The van der Waals surface area contributed by atoms with E-state index in [1.807, 2.05) is 60.0 Å². The van der Waals surface area contributed by atoms with Crippen molar-refractivity contribution >= 4 is 17.7 Å². The van der Waals surface area contributed by atoms with Gasteiger partial charge in [-0.2, -0.15) is 0 Å². The number of nitrogens with zero attached hydrogens (tertiary/aromatic N) is 3. The largest absolute Gasteiger partial charge is 0.497 e. The molecule has 0 unspecified atom stereocenters. The summed E-state index contributed by atoms with van der Waals surface area (Å²) in [5.41, 5.74) is 3.01. The zero-order valence-electron chi connectivity index (χ0n) is 15.5. The van der Waals surface area contributed by atoms with E-state index in [4.69, 9.17) is 9.47 Å². The van der Waals surface area contributed by atoms with E-state index < -0.39 is 0 Å². The lowest BCUT2D eigenvalue weighted by Crippen LogP contribution is -2.08. The summed E-state index contributed by atoms with van der Waals surface area (Å²) in [7, 11) is 1.63. The standard InChI is InChI=1S/C20H21N3O3S/c1-4-26-18(24)13-27-20-22-21-19(15-7-11-17(25-3)12-8-15)23(20)16-9-5-14(2)6-10-16/h5-12H,4,13H2,1-3H3. The van der Waals surface area contributed by atoms with Gasteiger partial charge in [0.25, 0.3) is 0 Å². The number of aromatic nitrogens is 3. The van der Waals surface area contributed by atoms with Gasteiger partial charge in [0.1, 0.15) is 5.75 Å². The maximum atomic E-state index is 11.7. The van der Waals surface area contributed by atoms with Crippen molar-refractivity contribution in [3.8, 4) is 22.8 Å². The zero-order valence-corrected chi connectivity index (χ0v) is 16.3. The molecular weight excluding hydrogens is 362 g/mol. The Morgan fingerprint density at radius 3 is 2.41 bits per heavy atom. The molecule has 27 heavy (non-hydrogen) atoms. The van der Waals surface area contributed by atoms with Crippen molar-refractivity contribution in [3.05, 3.63) is 54.1 Å². The number of hydrogen-bond donors (Lipinski definition) is 0. The van der Waals surface area contributed by atoms with Gasteiger partial charge in [-0.1, -0.05) is 29.5 Å². The van der Waals surface area contributed by atoms with E-state index in [0.29, 0.717) is 17.6 Å². The van der Waals surface area contributed by atoms with Gasteiger partial charge in [-0.05, 0) is 50.2 Å². The maximum absolute atomic E-state index is 11.7. The Hall–Kier alpha value is -2.80. The van der Waals surface area contributed by atoms with Crippen LogP contribution in [0.1, 0.15) is 12.5 Å². The van der Waals surface area contributed by atoms with Gasteiger partial charge in [-0.3, -0.25) is 9.36 Å². The molecule has 0 atom stereocenters. The Morgan fingerprint density at radius 1 is 1.07 bits per heavy atom. The molecule has 0 saturated heterocycles. The van der Waals surface area contributed by atoms with E-state index in [9.17, 15) is 4.79 Å². The topological polar surface area (TPSA) is 66.2 Å². The summed E-state index contributed by atoms with van der Waals surface area (Å²) in [5.74, 6) is 1.39. The molecule has 3 rings (SSSR count). The quantitative estimate of drug-likeness (QED) is 0.455. The number of ether oxygens (including phenoxy) is 2. The van der Waals surface area contributed by atoms with Crippen LogP contribution in [-0.2, 0) is 9.53 Å². The van der Waals surface area contributed by atoms with E-state index in [0.717, 1.165) is 17.0 Å². The molecule has 0 fully saturated rings. The van der Waals surface area contributed by atoms with Crippen LogP contribution in [0.25, 0.3) is 17.1 Å². The predicted molar refractivity (Wildman–Crippen MR) is 105 cm³/mol. The van der Waals surface area contributed by atoms with Crippen molar-refractivity contribution in [3.63, 3.8) is 0 Å². The molecule has 0 aliphatic carbocycles. The van der Waals surface area contributed by atoms with Crippen LogP contribution in [0.5, 0.6) is 5.75 Å². The summed E-state index contributed by atoms with van der Waals surface area (Å²) in [6.07, 6.45) is 0. The first-order valence-electron chi connectivity index (χ1n) is 8.57. The fourth-order valence-corrected chi connectivity index (χ4v) is 3.29. The lowest BCUT2D eigenvalue weighted by Gasteiger charge is -2.11. The number of carbonyl (C=O) groups is 1. The van der Waals surface area contributed by atoms with Crippen LogP contribution in [0.3, 0.4) is 0 Å². The van der Waals surface area contributed by atoms with Crippen LogP contribution in [0.15, 0.2) is 53.7 Å². The molecule has 0 aliphatic rings. The molecular formula is C20H21N3O3S. The Labute approximate surface area is 162 Å². The lowest BCUT2D eigenvalue weighted by molar-refractivity contribution is -0.139. The molecule has 0 aliphatic heterocycles. The van der Waals surface area contributed by atoms with Crippen molar-refractivity contribution in [1.82, 2.24) is 14.8 Å². The fourth-order valence-electron chi connectivity index (χ4n) is 2.54. The number of carbonyl (C=O) groups excluding carboxylic acids is 1. The van der Waals surface area contributed by atoms with Crippen LogP contribution >= 0.6 is 11.8 Å². The van der Waals surface area contributed by atoms with Gasteiger partial charge in [0.2, 0.25) is 0 Å². The normalized spacial score (nSPS) is 10.6. The molecule has 2 aromatic carbocycles. The third-order valence-electron chi connectivity index (χ3n) is 3.90. The monoisotopic (exact) mass is 383 g/mol. The van der Waals surface area contributed by atoms with Crippen LogP contribution < -0.4 is 4.74 Å². The number of aryl methyl sites for hydroxylation is 1. The van der Waals surface area contributed by atoms with E-state index in [1.54, 1.807) is 14.0 Å². The first-order valence-corrected chi connectivity index (χ1v) is 9.56. The molecule has 6 nitrogen and oxygen atoms in total. The van der Waals surface area contributed by atoms with Crippen LogP contribution in [0, 0.1) is 6.92 Å². The molecule has 7 heteroatoms. The summed E-state index contributed by atoms with van der Waals surface area (Å²) < 4.78 is 12.2. The average Bonchev–Trinajstić information content (AvgIpc) is 3.11. The van der Waals surface area contributed by atoms with Gasteiger partial charge >= 0.3 is 5.97 Å². The summed E-state index contributed by atoms with van der Waals surface area (Å²) in [6, 6.07) is 15.7. The number of esters is 1. The Kier molecular flexibility index (Phi) is 6.13. The molecule has 0 bridgehead atoms. The summed E-state index contributed by atoms with van der Waals surface area (Å²) in [5, 5.41) is 9.30. The number of benzene rings is 2. The second-order valence-corrected chi connectivity index (χ2v) is 6.74. The van der Waals surface area contributed by atoms with E-state index in [-0.39, 0.29) is 11.7 Å². The second-order valence-electron chi connectivity index (χ2n) is 5.80. The van der Waals surface area contributed by atoms with Gasteiger partial charge in [0.05, 0.1) is 19.5 Å². The maximum Gasteiger partial charge on any atom is 0.316 e. The zero-order chi connectivity index (χ0) is 19.2. The van der Waals surface area contributed by atoms with E-state index in [1.165, 1.54) is 17.3 Å². The van der Waals surface area contributed by atoms with Crippen LogP contribution in [0.2, 0.25) is 0 Å². The molecule has 3 aromatic rings. The van der Waals surface area contributed by atoms with Crippen molar-refractivity contribution < 1.29 is 14.3 Å². The first kappa shape index (κ1) is 19.0. The Bertz CT molecular complexity index is 905. The second kappa shape index (κ2) is 8.73. The Morgan fingerprint density at radius 2 is 1.78 bits per heavy atom. The number of hydrogen-bond acceptors (Lipinski definition) is 6. The van der Waals surface area contributed by atoms with Crippen molar-refractivity contribution in [1.29, 1.82) is 0 Å². The van der Waals surface area contributed by atoms with Crippen LogP contribution in [0.4, 0.5) is 0 Å². The molecule has 1 aromatic heterocycles. The van der Waals surface area contributed by atoms with Gasteiger partial charge < -0.3 is 9.47 Å². The average molecular weight is 383 g/mol. The van der Waals surface area contributed by atoms with Crippen molar-refractivity contribution in [2.24, 2.45) is 0 Å².